The number of rotatable bonds is 2. The first-order valence-corrected chi connectivity index (χ1v) is 7.55. The van der Waals surface area contributed by atoms with Crippen molar-refractivity contribution in [1.82, 2.24) is 4.90 Å². The Balaban J connectivity index is 2.23. The molecule has 0 radical (unpaired) electrons. The highest BCUT2D eigenvalue weighted by molar-refractivity contribution is 5.72. The van der Waals surface area contributed by atoms with Crippen molar-refractivity contribution >= 4 is 12.1 Å². The number of amides is 1. The van der Waals surface area contributed by atoms with Crippen molar-refractivity contribution in [1.29, 1.82) is 0 Å². The van der Waals surface area contributed by atoms with Crippen molar-refractivity contribution in [3.8, 4) is 0 Å². The van der Waals surface area contributed by atoms with Crippen LogP contribution in [0.5, 0.6) is 0 Å². The van der Waals surface area contributed by atoms with Gasteiger partial charge in [0, 0.05) is 6.54 Å². The molecule has 0 spiro atoms. The molecule has 2 unspecified atom stereocenters. The summed E-state index contributed by atoms with van der Waals surface area (Å²) in [6.45, 7) is 5.87. The quantitative estimate of drug-likeness (QED) is 0.908. The Morgan fingerprint density at radius 1 is 1.23 bits per heavy atom. The monoisotopic (exact) mass is 305 g/mol. The molecule has 1 aromatic carbocycles. The third-order valence-corrected chi connectivity index (χ3v) is 3.76. The summed E-state index contributed by atoms with van der Waals surface area (Å²) in [4.78, 5) is 25.4. The summed E-state index contributed by atoms with van der Waals surface area (Å²) < 4.78 is 5.46. The maximum Gasteiger partial charge on any atom is 0.410 e. The Hall–Kier alpha value is -2.04. The molecule has 1 amide bonds. The third-order valence-electron chi connectivity index (χ3n) is 3.76. The molecule has 1 N–H and O–H groups in total. The van der Waals surface area contributed by atoms with Crippen LogP contribution in [-0.2, 0) is 9.53 Å². The topological polar surface area (TPSA) is 66.8 Å². The lowest BCUT2D eigenvalue weighted by Gasteiger charge is -2.39. The van der Waals surface area contributed by atoms with Crippen LogP contribution < -0.4 is 0 Å². The van der Waals surface area contributed by atoms with Gasteiger partial charge in [-0.05, 0) is 39.2 Å². The number of hydrogen-bond donors (Lipinski definition) is 1. The van der Waals surface area contributed by atoms with Gasteiger partial charge in [-0.2, -0.15) is 0 Å². The second-order valence-electron chi connectivity index (χ2n) is 6.66. The van der Waals surface area contributed by atoms with Gasteiger partial charge < -0.3 is 14.7 Å². The number of piperidine rings is 1. The molecule has 1 saturated heterocycles. The van der Waals surface area contributed by atoms with Crippen LogP contribution in [0.15, 0.2) is 30.3 Å². The molecule has 22 heavy (non-hydrogen) atoms. The lowest BCUT2D eigenvalue weighted by Crippen LogP contribution is -2.44. The first-order valence-electron chi connectivity index (χ1n) is 7.55. The van der Waals surface area contributed by atoms with E-state index in [2.05, 4.69) is 0 Å². The average Bonchev–Trinajstić information content (AvgIpc) is 2.45. The SMILES string of the molecule is CC(C)(C)OC(=O)N1CCC(C(=O)O)CC1c1ccccc1. The van der Waals surface area contributed by atoms with Gasteiger partial charge in [-0.15, -0.1) is 0 Å². The minimum absolute atomic E-state index is 0.258. The summed E-state index contributed by atoms with van der Waals surface area (Å²) in [5, 5.41) is 9.28. The van der Waals surface area contributed by atoms with Crippen molar-refractivity contribution in [3.05, 3.63) is 35.9 Å². The molecular formula is C17H23NO4. The van der Waals surface area contributed by atoms with Gasteiger partial charge in [-0.3, -0.25) is 4.79 Å². The number of carboxylic acid groups (broad SMARTS) is 1. The summed E-state index contributed by atoms with van der Waals surface area (Å²) in [6.07, 6.45) is 0.487. The van der Waals surface area contributed by atoms with Crippen molar-refractivity contribution < 1.29 is 19.4 Å². The van der Waals surface area contributed by atoms with Crippen LogP contribution >= 0.6 is 0 Å². The summed E-state index contributed by atoms with van der Waals surface area (Å²) in [5.74, 6) is -1.23. The van der Waals surface area contributed by atoms with Crippen LogP contribution in [-0.4, -0.2) is 34.2 Å². The molecular weight excluding hydrogens is 282 g/mol. The van der Waals surface area contributed by atoms with Gasteiger partial charge in [0.05, 0.1) is 12.0 Å². The second kappa shape index (κ2) is 6.38. The fraction of sp³-hybridized carbons (Fsp3) is 0.529. The fourth-order valence-electron chi connectivity index (χ4n) is 2.72. The van der Waals surface area contributed by atoms with E-state index in [0.717, 1.165) is 5.56 Å². The van der Waals surface area contributed by atoms with Crippen LogP contribution in [0.2, 0.25) is 0 Å². The van der Waals surface area contributed by atoms with Crippen molar-refractivity contribution in [2.24, 2.45) is 5.92 Å². The second-order valence-corrected chi connectivity index (χ2v) is 6.66. The standard InChI is InChI=1S/C17H23NO4/c1-17(2,3)22-16(21)18-10-9-13(15(19)20)11-14(18)12-7-5-4-6-8-12/h4-8,13-14H,9-11H2,1-3H3,(H,19,20). The Bertz CT molecular complexity index is 535. The normalized spacial score (nSPS) is 22.2. The molecule has 1 fully saturated rings. The van der Waals surface area contributed by atoms with E-state index in [9.17, 15) is 14.7 Å². The number of carbonyl (C=O) groups excluding carboxylic acids is 1. The highest BCUT2D eigenvalue weighted by atomic mass is 16.6. The zero-order valence-electron chi connectivity index (χ0n) is 13.3. The van der Waals surface area contributed by atoms with E-state index in [0.29, 0.717) is 19.4 Å². The Kier molecular flexibility index (Phi) is 4.74. The number of ether oxygens (including phenoxy) is 1. The molecule has 2 atom stereocenters. The first-order chi connectivity index (χ1) is 10.3. The molecule has 2 rings (SSSR count). The van der Waals surface area contributed by atoms with E-state index in [1.165, 1.54) is 0 Å². The van der Waals surface area contributed by atoms with E-state index < -0.39 is 17.5 Å². The van der Waals surface area contributed by atoms with Crippen LogP contribution in [0.4, 0.5) is 4.79 Å². The summed E-state index contributed by atoms with van der Waals surface area (Å²) in [5.41, 5.74) is 0.376. The van der Waals surface area contributed by atoms with Crippen LogP contribution in [0.25, 0.3) is 0 Å². The van der Waals surface area contributed by atoms with Crippen molar-refractivity contribution in [2.75, 3.05) is 6.54 Å². The van der Waals surface area contributed by atoms with Crippen LogP contribution in [0.1, 0.15) is 45.2 Å². The van der Waals surface area contributed by atoms with Gasteiger partial charge in [-0.1, -0.05) is 30.3 Å². The smallest absolute Gasteiger partial charge is 0.410 e. The van der Waals surface area contributed by atoms with Gasteiger partial charge in [0.25, 0.3) is 0 Å². The number of aliphatic carboxylic acids is 1. The molecule has 5 heteroatoms. The molecule has 1 aromatic rings. The average molecular weight is 305 g/mol. The largest absolute Gasteiger partial charge is 0.481 e. The Morgan fingerprint density at radius 2 is 1.86 bits per heavy atom. The number of carboxylic acids is 1. The highest BCUT2D eigenvalue weighted by Gasteiger charge is 2.37. The summed E-state index contributed by atoms with van der Waals surface area (Å²) >= 11 is 0. The number of nitrogens with zero attached hydrogens (tertiary/aromatic N) is 1. The highest BCUT2D eigenvalue weighted by Crippen LogP contribution is 2.35. The summed E-state index contributed by atoms with van der Waals surface area (Å²) in [7, 11) is 0. The zero-order chi connectivity index (χ0) is 16.3. The first kappa shape index (κ1) is 16.3. The predicted molar refractivity (Wildman–Crippen MR) is 82.5 cm³/mol. The van der Waals surface area contributed by atoms with Crippen LogP contribution in [0, 0.1) is 5.92 Å². The Morgan fingerprint density at radius 3 is 2.41 bits per heavy atom. The fourth-order valence-corrected chi connectivity index (χ4v) is 2.72. The van der Waals surface area contributed by atoms with Gasteiger partial charge in [0.15, 0.2) is 0 Å². The third kappa shape index (κ3) is 4.00. The van der Waals surface area contributed by atoms with Gasteiger partial charge in [0.2, 0.25) is 0 Å². The molecule has 0 aliphatic carbocycles. The predicted octanol–water partition coefficient (Wildman–Crippen LogP) is 3.46. The molecule has 5 nitrogen and oxygen atoms in total. The van der Waals surface area contributed by atoms with Crippen molar-refractivity contribution in [2.45, 2.75) is 45.3 Å². The van der Waals surface area contributed by atoms with Gasteiger partial charge >= 0.3 is 12.1 Å². The maximum atomic E-state index is 12.4. The molecule has 120 valence electrons. The number of carbonyl (C=O) groups is 2. The lowest BCUT2D eigenvalue weighted by atomic mass is 9.87. The molecule has 1 aliphatic heterocycles. The number of benzene rings is 1. The molecule has 0 bridgehead atoms. The number of hydrogen-bond acceptors (Lipinski definition) is 3. The molecule has 0 aromatic heterocycles. The van der Waals surface area contributed by atoms with Gasteiger partial charge in [0.1, 0.15) is 5.60 Å². The maximum absolute atomic E-state index is 12.4. The summed E-state index contributed by atoms with van der Waals surface area (Å²) in [6, 6.07) is 9.28. The van der Waals surface area contributed by atoms with Gasteiger partial charge in [-0.25, -0.2) is 4.79 Å². The van der Waals surface area contributed by atoms with E-state index in [1.807, 2.05) is 51.1 Å². The number of likely N-dealkylation sites (tertiary alicyclic amines) is 1. The Labute approximate surface area is 130 Å². The van der Waals surface area contributed by atoms with E-state index in [4.69, 9.17) is 4.74 Å². The molecule has 0 saturated carbocycles. The van der Waals surface area contributed by atoms with E-state index >= 15 is 0 Å². The molecule has 1 aliphatic rings. The van der Waals surface area contributed by atoms with E-state index in [1.54, 1.807) is 4.90 Å². The van der Waals surface area contributed by atoms with E-state index in [-0.39, 0.29) is 12.1 Å². The van der Waals surface area contributed by atoms with Crippen molar-refractivity contribution in [3.63, 3.8) is 0 Å². The molecule has 1 heterocycles. The zero-order valence-corrected chi connectivity index (χ0v) is 13.3. The lowest BCUT2D eigenvalue weighted by molar-refractivity contribution is -0.144. The van der Waals surface area contributed by atoms with Crippen LogP contribution in [0.3, 0.4) is 0 Å². The minimum atomic E-state index is -0.801. The minimum Gasteiger partial charge on any atom is -0.481 e.